The molecule has 1 saturated carbocycles. The monoisotopic (exact) mass is 223 g/mol. The minimum Gasteiger partial charge on any atom is -0.353 e. The summed E-state index contributed by atoms with van der Waals surface area (Å²) in [5.74, 6) is -1.05. The Labute approximate surface area is 85.0 Å². The standard InChI is InChI=1S/C9H12F3NO2/c10-9(11,12)5-8(15)13-6-2-1-3-7(14)4-6/h6H,1-5H2,(H,13,15). The van der Waals surface area contributed by atoms with Crippen molar-refractivity contribution >= 4 is 11.7 Å². The highest BCUT2D eigenvalue weighted by molar-refractivity contribution is 5.82. The summed E-state index contributed by atoms with van der Waals surface area (Å²) in [4.78, 5) is 21.9. The van der Waals surface area contributed by atoms with Crippen LogP contribution in [0.5, 0.6) is 0 Å². The largest absolute Gasteiger partial charge is 0.397 e. The molecule has 0 heterocycles. The van der Waals surface area contributed by atoms with E-state index in [1.807, 2.05) is 0 Å². The number of ketones is 1. The van der Waals surface area contributed by atoms with Crippen LogP contribution in [0.15, 0.2) is 0 Å². The number of hydrogen-bond donors (Lipinski definition) is 1. The lowest BCUT2D eigenvalue weighted by molar-refractivity contribution is -0.154. The molecular weight excluding hydrogens is 211 g/mol. The van der Waals surface area contributed by atoms with Crippen LogP contribution in [0.2, 0.25) is 0 Å². The predicted molar refractivity (Wildman–Crippen MR) is 46.1 cm³/mol. The van der Waals surface area contributed by atoms with Crippen LogP contribution in [0.1, 0.15) is 32.1 Å². The van der Waals surface area contributed by atoms with Crippen molar-refractivity contribution in [3.63, 3.8) is 0 Å². The Balaban J connectivity index is 2.34. The summed E-state index contributed by atoms with van der Waals surface area (Å²) in [5.41, 5.74) is 0. The van der Waals surface area contributed by atoms with E-state index in [-0.39, 0.29) is 12.2 Å². The van der Waals surface area contributed by atoms with Gasteiger partial charge < -0.3 is 5.32 Å². The summed E-state index contributed by atoms with van der Waals surface area (Å²) in [6, 6.07) is -0.416. The Morgan fingerprint density at radius 1 is 1.47 bits per heavy atom. The molecular formula is C9H12F3NO2. The number of nitrogens with one attached hydrogen (secondary N) is 1. The van der Waals surface area contributed by atoms with E-state index >= 15 is 0 Å². The van der Waals surface area contributed by atoms with Crippen LogP contribution in [0.4, 0.5) is 13.2 Å². The molecule has 1 rings (SSSR count). The van der Waals surface area contributed by atoms with Crippen molar-refractivity contribution in [3.8, 4) is 0 Å². The molecule has 0 bridgehead atoms. The molecule has 1 aliphatic carbocycles. The van der Waals surface area contributed by atoms with Gasteiger partial charge in [-0.05, 0) is 12.8 Å². The molecule has 0 spiro atoms. The molecule has 1 unspecified atom stereocenters. The van der Waals surface area contributed by atoms with Crippen molar-refractivity contribution in [2.75, 3.05) is 0 Å². The molecule has 86 valence electrons. The zero-order valence-electron chi connectivity index (χ0n) is 8.06. The molecule has 6 heteroatoms. The van der Waals surface area contributed by atoms with E-state index in [9.17, 15) is 22.8 Å². The molecule has 0 aromatic carbocycles. The molecule has 15 heavy (non-hydrogen) atoms. The first kappa shape index (κ1) is 12.0. The third-order valence-electron chi connectivity index (χ3n) is 2.21. The highest BCUT2D eigenvalue weighted by Gasteiger charge is 2.32. The van der Waals surface area contributed by atoms with Crippen LogP contribution < -0.4 is 5.32 Å². The number of rotatable bonds is 2. The maximum atomic E-state index is 11.8. The predicted octanol–water partition coefficient (Wildman–Crippen LogP) is 1.57. The van der Waals surface area contributed by atoms with Crippen molar-refractivity contribution in [2.45, 2.75) is 44.3 Å². The Morgan fingerprint density at radius 2 is 2.13 bits per heavy atom. The lowest BCUT2D eigenvalue weighted by Gasteiger charge is -2.22. The van der Waals surface area contributed by atoms with Gasteiger partial charge in [0.2, 0.25) is 5.91 Å². The van der Waals surface area contributed by atoms with Gasteiger partial charge in [-0.25, -0.2) is 0 Å². The highest BCUT2D eigenvalue weighted by atomic mass is 19.4. The summed E-state index contributed by atoms with van der Waals surface area (Å²) < 4.78 is 35.4. The Bertz CT molecular complexity index is 263. The second-order valence-electron chi connectivity index (χ2n) is 3.69. The number of carbonyl (C=O) groups is 2. The molecule has 0 saturated heterocycles. The van der Waals surface area contributed by atoms with E-state index in [2.05, 4.69) is 5.32 Å². The second-order valence-corrected chi connectivity index (χ2v) is 3.69. The molecule has 1 atom stereocenters. The van der Waals surface area contributed by atoms with Crippen LogP contribution in [0.3, 0.4) is 0 Å². The Kier molecular flexibility index (Phi) is 3.71. The molecule has 1 fully saturated rings. The zero-order valence-corrected chi connectivity index (χ0v) is 8.06. The normalized spacial score (nSPS) is 22.6. The average Bonchev–Trinajstić information content (AvgIpc) is 1.99. The SMILES string of the molecule is O=C1CCCC(NC(=O)CC(F)(F)F)C1. The van der Waals surface area contributed by atoms with E-state index in [4.69, 9.17) is 0 Å². The van der Waals surface area contributed by atoms with E-state index in [0.29, 0.717) is 19.3 Å². The molecule has 0 aliphatic heterocycles. The van der Waals surface area contributed by atoms with Crippen LogP contribution in [-0.2, 0) is 9.59 Å². The average molecular weight is 223 g/mol. The van der Waals surface area contributed by atoms with Gasteiger partial charge in [0.1, 0.15) is 12.2 Å². The van der Waals surface area contributed by atoms with Crippen molar-refractivity contribution in [1.29, 1.82) is 0 Å². The zero-order chi connectivity index (χ0) is 11.5. The number of carbonyl (C=O) groups excluding carboxylic acids is 2. The van der Waals surface area contributed by atoms with Crippen LogP contribution in [-0.4, -0.2) is 23.9 Å². The smallest absolute Gasteiger partial charge is 0.353 e. The van der Waals surface area contributed by atoms with Gasteiger partial charge in [0.25, 0.3) is 0 Å². The van der Waals surface area contributed by atoms with Gasteiger partial charge in [0.05, 0.1) is 0 Å². The topological polar surface area (TPSA) is 46.2 Å². The quantitative estimate of drug-likeness (QED) is 0.772. The van der Waals surface area contributed by atoms with E-state index < -0.39 is 24.5 Å². The lowest BCUT2D eigenvalue weighted by Crippen LogP contribution is -2.40. The van der Waals surface area contributed by atoms with Crippen molar-refractivity contribution in [1.82, 2.24) is 5.32 Å². The van der Waals surface area contributed by atoms with Gasteiger partial charge in [-0.1, -0.05) is 0 Å². The highest BCUT2D eigenvalue weighted by Crippen LogP contribution is 2.20. The van der Waals surface area contributed by atoms with Gasteiger partial charge >= 0.3 is 6.18 Å². The second kappa shape index (κ2) is 4.63. The number of halogens is 3. The van der Waals surface area contributed by atoms with Crippen LogP contribution >= 0.6 is 0 Å². The van der Waals surface area contributed by atoms with E-state index in [1.165, 1.54) is 0 Å². The molecule has 0 aromatic rings. The molecule has 3 nitrogen and oxygen atoms in total. The van der Waals surface area contributed by atoms with E-state index in [1.54, 1.807) is 0 Å². The Hall–Kier alpha value is -1.07. The minimum absolute atomic E-state index is 0.00133. The maximum Gasteiger partial charge on any atom is 0.397 e. The molecule has 1 N–H and O–H groups in total. The molecule has 1 amide bonds. The van der Waals surface area contributed by atoms with Gasteiger partial charge in [-0.2, -0.15) is 13.2 Å². The summed E-state index contributed by atoms with van der Waals surface area (Å²) in [5, 5.41) is 2.23. The first-order valence-corrected chi connectivity index (χ1v) is 4.74. The van der Waals surface area contributed by atoms with Gasteiger partial charge in [-0.3, -0.25) is 9.59 Å². The van der Waals surface area contributed by atoms with Crippen LogP contribution in [0.25, 0.3) is 0 Å². The fraction of sp³-hybridized carbons (Fsp3) is 0.778. The van der Waals surface area contributed by atoms with Gasteiger partial charge in [-0.15, -0.1) is 0 Å². The summed E-state index contributed by atoms with van der Waals surface area (Å²) >= 11 is 0. The minimum atomic E-state index is -4.48. The molecule has 0 radical (unpaired) electrons. The maximum absolute atomic E-state index is 11.8. The van der Waals surface area contributed by atoms with Gasteiger partial charge in [0.15, 0.2) is 0 Å². The third-order valence-corrected chi connectivity index (χ3v) is 2.21. The van der Waals surface area contributed by atoms with E-state index in [0.717, 1.165) is 0 Å². The Morgan fingerprint density at radius 3 is 2.67 bits per heavy atom. The van der Waals surface area contributed by atoms with Crippen molar-refractivity contribution in [2.24, 2.45) is 0 Å². The first-order chi connectivity index (χ1) is 6.87. The first-order valence-electron chi connectivity index (χ1n) is 4.74. The number of alkyl halides is 3. The lowest BCUT2D eigenvalue weighted by atomic mass is 9.94. The molecule has 1 aliphatic rings. The van der Waals surface area contributed by atoms with Gasteiger partial charge in [0, 0.05) is 18.9 Å². The fourth-order valence-corrected chi connectivity index (χ4v) is 1.61. The summed E-state index contributed by atoms with van der Waals surface area (Å²) in [6.07, 6.45) is -4.12. The fourth-order valence-electron chi connectivity index (χ4n) is 1.61. The number of Topliss-reactive ketones (excluding diaryl/α,β-unsaturated/α-hetero) is 1. The third kappa shape index (κ3) is 4.80. The molecule has 0 aromatic heterocycles. The summed E-state index contributed by atoms with van der Waals surface area (Å²) in [7, 11) is 0. The summed E-state index contributed by atoms with van der Waals surface area (Å²) in [6.45, 7) is 0. The van der Waals surface area contributed by atoms with Crippen LogP contribution in [0, 0.1) is 0 Å². The number of amides is 1. The van der Waals surface area contributed by atoms with Crippen molar-refractivity contribution in [3.05, 3.63) is 0 Å². The van der Waals surface area contributed by atoms with Crippen molar-refractivity contribution < 1.29 is 22.8 Å². The number of hydrogen-bond acceptors (Lipinski definition) is 2.